The van der Waals surface area contributed by atoms with E-state index in [1.54, 1.807) is 11.6 Å². The third-order valence-electron chi connectivity index (χ3n) is 1.86. The van der Waals surface area contributed by atoms with Crippen LogP contribution >= 0.6 is 15.9 Å². The molecule has 1 aromatic heterocycles. The molecule has 4 nitrogen and oxygen atoms in total. The average molecular weight is 254 g/mol. The highest BCUT2D eigenvalue weighted by atomic mass is 79.9. The minimum atomic E-state index is -0.331. The summed E-state index contributed by atoms with van der Waals surface area (Å²) in [5, 5.41) is 2.62. The van der Waals surface area contributed by atoms with E-state index in [2.05, 4.69) is 26.0 Å². The Morgan fingerprint density at radius 3 is 2.86 bits per heavy atom. The Morgan fingerprint density at radius 1 is 1.50 bits per heavy atom. The van der Waals surface area contributed by atoms with Gasteiger partial charge in [-0.2, -0.15) is 4.98 Å². The van der Waals surface area contributed by atoms with Gasteiger partial charge in [-0.05, 0) is 25.1 Å². The van der Waals surface area contributed by atoms with E-state index in [1.165, 1.54) is 0 Å². The lowest BCUT2D eigenvalue weighted by atomic mass is 10.3. The Kier molecular flexibility index (Phi) is 2.25. The fraction of sp³-hybridized carbons (Fsp3) is 0.111. The van der Waals surface area contributed by atoms with Gasteiger partial charge in [0, 0.05) is 4.47 Å². The third kappa shape index (κ3) is 1.63. The zero-order valence-corrected chi connectivity index (χ0v) is 9.08. The predicted molar refractivity (Wildman–Crippen MR) is 56.6 cm³/mol. The lowest BCUT2D eigenvalue weighted by Gasteiger charge is -2.03. The second-order valence-electron chi connectivity index (χ2n) is 2.89. The number of aromatic nitrogens is 3. The second kappa shape index (κ2) is 3.42. The van der Waals surface area contributed by atoms with Crippen LogP contribution in [0, 0.1) is 6.92 Å². The number of nitrogens with one attached hydrogen (secondary N) is 1. The molecule has 0 amide bonds. The van der Waals surface area contributed by atoms with Crippen molar-refractivity contribution in [2.24, 2.45) is 0 Å². The van der Waals surface area contributed by atoms with E-state index in [-0.39, 0.29) is 5.69 Å². The molecule has 1 N–H and O–H groups in total. The van der Waals surface area contributed by atoms with Crippen molar-refractivity contribution in [1.29, 1.82) is 0 Å². The van der Waals surface area contributed by atoms with Crippen LogP contribution in [0.15, 0.2) is 33.5 Å². The number of rotatable bonds is 1. The average Bonchev–Trinajstić information content (AvgIpc) is 2.45. The molecule has 0 unspecified atom stereocenters. The zero-order valence-electron chi connectivity index (χ0n) is 7.49. The number of nitrogens with zero attached hydrogens (tertiary/aromatic N) is 2. The quantitative estimate of drug-likeness (QED) is 0.840. The second-order valence-corrected chi connectivity index (χ2v) is 3.81. The first kappa shape index (κ1) is 9.21. The van der Waals surface area contributed by atoms with Gasteiger partial charge in [-0.15, -0.1) is 0 Å². The van der Waals surface area contributed by atoms with E-state index in [1.807, 2.05) is 24.3 Å². The lowest BCUT2D eigenvalue weighted by molar-refractivity contribution is 0.831. The molecule has 2 rings (SSSR count). The van der Waals surface area contributed by atoms with Crippen molar-refractivity contribution in [3.8, 4) is 5.69 Å². The molecule has 72 valence electrons. The summed E-state index contributed by atoms with van der Waals surface area (Å²) in [5.41, 5.74) is 0.550. The molecule has 1 heterocycles. The first-order chi connectivity index (χ1) is 6.66. The number of benzene rings is 1. The van der Waals surface area contributed by atoms with Gasteiger partial charge < -0.3 is 0 Å². The molecule has 2 aromatic rings. The van der Waals surface area contributed by atoms with Gasteiger partial charge >= 0.3 is 5.69 Å². The lowest BCUT2D eigenvalue weighted by Crippen LogP contribution is -2.05. The Labute approximate surface area is 88.7 Å². The van der Waals surface area contributed by atoms with E-state index in [4.69, 9.17) is 0 Å². The summed E-state index contributed by atoms with van der Waals surface area (Å²) < 4.78 is 2.61. The van der Waals surface area contributed by atoms with Crippen molar-refractivity contribution in [3.63, 3.8) is 0 Å². The number of hydrogen-bond donors (Lipinski definition) is 1. The molecule has 0 bridgehead atoms. The molecular weight excluding hydrogens is 246 g/mol. The van der Waals surface area contributed by atoms with E-state index in [0.717, 1.165) is 10.2 Å². The van der Waals surface area contributed by atoms with Crippen molar-refractivity contribution < 1.29 is 0 Å². The first-order valence-corrected chi connectivity index (χ1v) is 4.88. The van der Waals surface area contributed by atoms with Crippen LogP contribution < -0.4 is 5.69 Å². The van der Waals surface area contributed by atoms with Gasteiger partial charge in [0.15, 0.2) is 0 Å². The van der Waals surface area contributed by atoms with E-state index in [9.17, 15) is 4.79 Å². The molecule has 0 fully saturated rings. The van der Waals surface area contributed by atoms with Crippen molar-refractivity contribution in [2.45, 2.75) is 6.92 Å². The van der Waals surface area contributed by atoms with Crippen LogP contribution in [0.25, 0.3) is 5.69 Å². The van der Waals surface area contributed by atoms with E-state index >= 15 is 0 Å². The molecule has 0 saturated carbocycles. The summed E-state index contributed by atoms with van der Waals surface area (Å²) in [5.74, 6) is 0.646. The standard InChI is InChI=1S/C9H8BrN3O/c1-6-11-9(14)12-13(6)8-4-2-3-7(10)5-8/h2-5H,1H3,(H,12,14). The number of halogens is 1. The SMILES string of the molecule is Cc1nc(=O)[nH]n1-c1cccc(Br)c1. The van der Waals surface area contributed by atoms with Crippen LogP contribution in [0.1, 0.15) is 5.82 Å². The van der Waals surface area contributed by atoms with E-state index in [0.29, 0.717) is 5.82 Å². The molecule has 5 heteroatoms. The van der Waals surface area contributed by atoms with E-state index < -0.39 is 0 Å². The summed E-state index contributed by atoms with van der Waals surface area (Å²) in [6, 6.07) is 7.63. The molecule has 0 radical (unpaired) electrons. The molecule has 0 saturated heterocycles. The highest BCUT2D eigenvalue weighted by molar-refractivity contribution is 9.10. The van der Waals surface area contributed by atoms with Crippen molar-refractivity contribution in [2.75, 3.05) is 0 Å². The van der Waals surface area contributed by atoms with Crippen molar-refractivity contribution >= 4 is 15.9 Å². The molecular formula is C9H8BrN3O. The van der Waals surface area contributed by atoms with Crippen LogP contribution in [0.3, 0.4) is 0 Å². The van der Waals surface area contributed by atoms with Crippen LogP contribution in [-0.4, -0.2) is 14.8 Å². The van der Waals surface area contributed by atoms with Gasteiger partial charge in [0.1, 0.15) is 5.82 Å². The van der Waals surface area contributed by atoms with Crippen molar-refractivity contribution in [3.05, 3.63) is 45.0 Å². The molecule has 0 aliphatic carbocycles. The Morgan fingerprint density at radius 2 is 2.29 bits per heavy atom. The Bertz CT molecular complexity index is 515. The molecule has 0 spiro atoms. The fourth-order valence-electron chi connectivity index (χ4n) is 1.27. The molecule has 0 aliphatic heterocycles. The van der Waals surface area contributed by atoms with Gasteiger partial charge in [0.05, 0.1) is 5.69 Å². The normalized spacial score (nSPS) is 10.4. The van der Waals surface area contributed by atoms with Crippen LogP contribution in [0.4, 0.5) is 0 Å². The highest BCUT2D eigenvalue weighted by Gasteiger charge is 2.02. The largest absolute Gasteiger partial charge is 0.361 e. The van der Waals surface area contributed by atoms with Gasteiger partial charge in [-0.3, -0.25) is 0 Å². The third-order valence-corrected chi connectivity index (χ3v) is 2.35. The maximum absolute atomic E-state index is 11.0. The van der Waals surface area contributed by atoms with Crippen molar-refractivity contribution in [1.82, 2.24) is 14.8 Å². The van der Waals surface area contributed by atoms with Crippen LogP contribution in [0.2, 0.25) is 0 Å². The summed E-state index contributed by atoms with van der Waals surface area (Å²) in [6.07, 6.45) is 0. The fourth-order valence-corrected chi connectivity index (χ4v) is 1.65. The summed E-state index contributed by atoms with van der Waals surface area (Å²) >= 11 is 3.37. The van der Waals surface area contributed by atoms with Crippen LogP contribution in [-0.2, 0) is 0 Å². The molecule has 0 atom stereocenters. The molecule has 14 heavy (non-hydrogen) atoms. The summed E-state index contributed by atoms with van der Waals surface area (Å²) in [6.45, 7) is 1.78. The van der Waals surface area contributed by atoms with Gasteiger partial charge in [0.25, 0.3) is 0 Å². The first-order valence-electron chi connectivity index (χ1n) is 4.08. The minimum Gasteiger partial charge on any atom is -0.244 e. The Balaban J connectivity index is 2.59. The number of aryl methyl sites for hydroxylation is 1. The monoisotopic (exact) mass is 253 g/mol. The maximum Gasteiger partial charge on any atom is 0.361 e. The molecule has 0 aliphatic rings. The number of aromatic amines is 1. The number of hydrogen-bond acceptors (Lipinski definition) is 2. The highest BCUT2D eigenvalue weighted by Crippen LogP contribution is 2.14. The smallest absolute Gasteiger partial charge is 0.244 e. The Hall–Kier alpha value is -1.36. The zero-order chi connectivity index (χ0) is 10.1. The van der Waals surface area contributed by atoms with Gasteiger partial charge in [-0.1, -0.05) is 22.0 Å². The topological polar surface area (TPSA) is 50.7 Å². The predicted octanol–water partition coefficient (Wildman–Crippen LogP) is 1.63. The maximum atomic E-state index is 11.0. The van der Waals surface area contributed by atoms with Gasteiger partial charge in [0.2, 0.25) is 0 Å². The molecule has 1 aromatic carbocycles. The summed E-state index contributed by atoms with van der Waals surface area (Å²) in [7, 11) is 0. The summed E-state index contributed by atoms with van der Waals surface area (Å²) in [4.78, 5) is 14.7. The number of H-pyrrole nitrogens is 1. The minimum absolute atomic E-state index is 0.331. The van der Waals surface area contributed by atoms with Crippen LogP contribution in [0.5, 0.6) is 0 Å². The van der Waals surface area contributed by atoms with Gasteiger partial charge in [-0.25, -0.2) is 14.6 Å².